The third-order valence-corrected chi connectivity index (χ3v) is 3.59. The van der Waals surface area contributed by atoms with Gasteiger partial charge in [0.25, 0.3) is 0 Å². The summed E-state index contributed by atoms with van der Waals surface area (Å²) in [6.45, 7) is 4.51. The Morgan fingerprint density at radius 1 is 1.47 bits per heavy atom. The molecule has 17 heavy (non-hydrogen) atoms. The molecule has 0 spiro atoms. The van der Waals surface area contributed by atoms with Crippen LogP contribution < -0.4 is 10.6 Å². The number of hydrogen-bond acceptors (Lipinski definition) is 3. The van der Waals surface area contributed by atoms with Gasteiger partial charge in [0.15, 0.2) is 0 Å². The van der Waals surface area contributed by atoms with Crippen molar-refractivity contribution < 1.29 is 0 Å². The van der Waals surface area contributed by atoms with E-state index in [1.165, 1.54) is 12.8 Å². The Hall–Kier alpha value is -1.71. The highest BCUT2D eigenvalue weighted by molar-refractivity contribution is 5.88. The average molecular weight is 230 g/mol. The second-order valence-corrected chi connectivity index (χ2v) is 5.06. The molecule has 1 fully saturated rings. The summed E-state index contributed by atoms with van der Waals surface area (Å²) in [5.74, 6) is 0.751. The fourth-order valence-electron chi connectivity index (χ4n) is 2.68. The predicted molar refractivity (Wildman–Crippen MR) is 71.1 cm³/mol. The third kappa shape index (κ3) is 1.84. The number of benzene rings is 1. The first kappa shape index (κ1) is 10.4. The molecule has 4 nitrogen and oxygen atoms in total. The molecule has 0 amide bonds. The van der Waals surface area contributed by atoms with Crippen LogP contribution in [0.15, 0.2) is 18.3 Å². The van der Waals surface area contributed by atoms with E-state index in [2.05, 4.69) is 28.1 Å². The molecule has 90 valence electrons. The van der Waals surface area contributed by atoms with Crippen LogP contribution in [0.4, 0.5) is 11.4 Å². The molecule has 0 bridgehead atoms. The Morgan fingerprint density at radius 3 is 3.18 bits per heavy atom. The van der Waals surface area contributed by atoms with Crippen molar-refractivity contribution in [3.63, 3.8) is 0 Å². The maximum atomic E-state index is 6.14. The Kier molecular flexibility index (Phi) is 2.42. The first-order valence-corrected chi connectivity index (χ1v) is 6.21. The van der Waals surface area contributed by atoms with E-state index in [1.54, 1.807) is 0 Å². The molecule has 3 rings (SSSR count). The Balaban J connectivity index is 2.00. The van der Waals surface area contributed by atoms with E-state index < -0.39 is 0 Å². The first-order valence-electron chi connectivity index (χ1n) is 6.21. The molecule has 1 aromatic carbocycles. The van der Waals surface area contributed by atoms with Gasteiger partial charge in [0.1, 0.15) is 0 Å². The molecule has 1 saturated heterocycles. The van der Waals surface area contributed by atoms with E-state index in [-0.39, 0.29) is 0 Å². The third-order valence-electron chi connectivity index (χ3n) is 3.59. The summed E-state index contributed by atoms with van der Waals surface area (Å²) < 4.78 is 0. The molecule has 0 aliphatic carbocycles. The van der Waals surface area contributed by atoms with Crippen molar-refractivity contribution in [3.05, 3.63) is 18.3 Å². The minimum Gasteiger partial charge on any atom is -0.397 e. The number of nitrogens with zero attached hydrogens (tertiary/aromatic N) is 2. The summed E-state index contributed by atoms with van der Waals surface area (Å²) in [6, 6.07) is 4.13. The summed E-state index contributed by atoms with van der Waals surface area (Å²) in [5.41, 5.74) is 9.20. The van der Waals surface area contributed by atoms with E-state index in [0.717, 1.165) is 41.3 Å². The minimum absolute atomic E-state index is 0.751. The number of aromatic nitrogens is 2. The van der Waals surface area contributed by atoms with Gasteiger partial charge in [0.05, 0.1) is 23.1 Å². The van der Waals surface area contributed by atoms with Crippen LogP contribution in [0.2, 0.25) is 0 Å². The van der Waals surface area contributed by atoms with Crippen LogP contribution in [0, 0.1) is 5.92 Å². The van der Waals surface area contributed by atoms with Gasteiger partial charge >= 0.3 is 0 Å². The maximum Gasteiger partial charge on any atom is 0.0672 e. The van der Waals surface area contributed by atoms with Crippen molar-refractivity contribution in [1.29, 1.82) is 0 Å². The number of nitrogens with one attached hydrogen (secondary N) is 1. The van der Waals surface area contributed by atoms with E-state index in [4.69, 9.17) is 5.73 Å². The molecular formula is C13H18N4. The number of rotatable bonds is 1. The average Bonchev–Trinajstić information content (AvgIpc) is 2.75. The highest BCUT2D eigenvalue weighted by Crippen LogP contribution is 2.31. The summed E-state index contributed by atoms with van der Waals surface area (Å²) in [7, 11) is 0. The van der Waals surface area contributed by atoms with Gasteiger partial charge in [0, 0.05) is 18.5 Å². The van der Waals surface area contributed by atoms with Gasteiger partial charge in [-0.25, -0.2) is 0 Å². The van der Waals surface area contributed by atoms with Gasteiger partial charge in [0.2, 0.25) is 0 Å². The summed E-state index contributed by atoms with van der Waals surface area (Å²) in [6.07, 6.45) is 4.39. The Morgan fingerprint density at radius 2 is 2.35 bits per heavy atom. The van der Waals surface area contributed by atoms with Gasteiger partial charge in [-0.05, 0) is 30.9 Å². The van der Waals surface area contributed by atoms with Gasteiger partial charge in [-0.1, -0.05) is 6.92 Å². The zero-order valence-corrected chi connectivity index (χ0v) is 10.1. The van der Waals surface area contributed by atoms with Gasteiger partial charge < -0.3 is 10.6 Å². The molecule has 2 aromatic rings. The van der Waals surface area contributed by atoms with E-state index in [9.17, 15) is 0 Å². The molecule has 1 unspecified atom stereocenters. The standard InChI is InChI=1S/C13H18N4/c1-9-3-2-4-17(8-9)13-6-12-10(5-11(13)14)7-15-16-12/h5-7,9H,2-4,8,14H2,1H3,(H,15,16). The first-order chi connectivity index (χ1) is 8.24. The van der Waals surface area contributed by atoms with E-state index in [0.29, 0.717) is 0 Å². The largest absolute Gasteiger partial charge is 0.397 e. The molecule has 1 atom stereocenters. The number of nitrogens with two attached hydrogens (primary N) is 1. The number of aromatic amines is 1. The number of fused-ring (bicyclic) bond motifs is 1. The molecule has 4 heteroatoms. The van der Waals surface area contributed by atoms with Gasteiger partial charge in [-0.15, -0.1) is 0 Å². The highest BCUT2D eigenvalue weighted by atomic mass is 15.2. The van der Waals surface area contributed by atoms with Crippen molar-refractivity contribution >= 4 is 22.3 Å². The minimum atomic E-state index is 0.751. The fourth-order valence-corrected chi connectivity index (χ4v) is 2.68. The Bertz CT molecular complexity index is 531. The lowest BCUT2D eigenvalue weighted by atomic mass is 9.99. The van der Waals surface area contributed by atoms with Crippen molar-refractivity contribution in [3.8, 4) is 0 Å². The lowest BCUT2D eigenvalue weighted by molar-refractivity contribution is 0.447. The molecular weight excluding hydrogens is 212 g/mol. The molecule has 0 radical (unpaired) electrons. The lowest BCUT2D eigenvalue weighted by Gasteiger charge is -2.33. The van der Waals surface area contributed by atoms with Crippen molar-refractivity contribution in [2.45, 2.75) is 19.8 Å². The molecule has 3 N–H and O–H groups in total. The highest BCUT2D eigenvalue weighted by Gasteiger charge is 2.18. The number of H-pyrrole nitrogens is 1. The topological polar surface area (TPSA) is 57.9 Å². The van der Waals surface area contributed by atoms with Crippen LogP contribution in [0.5, 0.6) is 0 Å². The van der Waals surface area contributed by atoms with Crippen LogP contribution in [-0.2, 0) is 0 Å². The van der Waals surface area contributed by atoms with Crippen LogP contribution in [0.25, 0.3) is 10.9 Å². The smallest absolute Gasteiger partial charge is 0.0672 e. The monoisotopic (exact) mass is 230 g/mol. The molecule has 1 aromatic heterocycles. The zero-order valence-electron chi connectivity index (χ0n) is 10.1. The Labute approximate surface area is 101 Å². The van der Waals surface area contributed by atoms with Crippen molar-refractivity contribution in [2.24, 2.45) is 5.92 Å². The summed E-state index contributed by atoms with van der Waals surface area (Å²) >= 11 is 0. The predicted octanol–water partition coefficient (Wildman–Crippen LogP) is 2.38. The molecule has 1 aliphatic heterocycles. The summed E-state index contributed by atoms with van der Waals surface area (Å²) in [4.78, 5) is 2.39. The number of piperidine rings is 1. The normalized spacial score (nSPS) is 21.0. The lowest BCUT2D eigenvalue weighted by Crippen LogP contribution is -2.34. The summed E-state index contributed by atoms with van der Waals surface area (Å²) in [5, 5.41) is 8.13. The quantitative estimate of drug-likeness (QED) is 0.739. The molecule has 2 heterocycles. The van der Waals surface area contributed by atoms with E-state index >= 15 is 0 Å². The van der Waals surface area contributed by atoms with Crippen LogP contribution in [-0.4, -0.2) is 23.3 Å². The van der Waals surface area contributed by atoms with Crippen LogP contribution in [0.3, 0.4) is 0 Å². The van der Waals surface area contributed by atoms with Crippen LogP contribution in [0.1, 0.15) is 19.8 Å². The van der Waals surface area contributed by atoms with E-state index in [1.807, 2.05) is 12.3 Å². The zero-order chi connectivity index (χ0) is 11.8. The van der Waals surface area contributed by atoms with Gasteiger partial charge in [-0.3, -0.25) is 5.10 Å². The molecule has 0 saturated carbocycles. The number of hydrogen-bond donors (Lipinski definition) is 2. The number of anilines is 2. The van der Waals surface area contributed by atoms with Gasteiger partial charge in [-0.2, -0.15) is 5.10 Å². The number of nitrogen functional groups attached to an aromatic ring is 1. The maximum absolute atomic E-state index is 6.14. The fraction of sp³-hybridized carbons (Fsp3) is 0.462. The second kappa shape index (κ2) is 3.95. The van der Waals surface area contributed by atoms with Crippen molar-refractivity contribution in [1.82, 2.24) is 10.2 Å². The second-order valence-electron chi connectivity index (χ2n) is 5.06. The SMILES string of the molecule is CC1CCCN(c2cc3[nH]ncc3cc2N)C1. The van der Waals surface area contributed by atoms with Crippen molar-refractivity contribution in [2.75, 3.05) is 23.7 Å². The van der Waals surface area contributed by atoms with Crippen LogP contribution >= 0.6 is 0 Å². The molecule has 1 aliphatic rings.